The van der Waals surface area contributed by atoms with Crippen LogP contribution in [0.5, 0.6) is 0 Å². The first-order chi connectivity index (χ1) is 11.8. The molecule has 1 amide bonds. The van der Waals surface area contributed by atoms with Crippen LogP contribution < -0.4 is 0 Å². The van der Waals surface area contributed by atoms with Gasteiger partial charge in [-0.15, -0.1) is 0 Å². The van der Waals surface area contributed by atoms with Gasteiger partial charge in [-0.3, -0.25) is 9.59 Å². The largest absolute Gasteiger partial charge is 0.481 e. The molecule has 0 aliphatic heterocycles. The third kappa shape index (κ3) is 4.50. The van der Waals surface area contributed by atoms with E-state index < -0.39 is 5.97 Å². The summed E-state index contributed by atoms with van der Waals surface area (Å²) in [5.74, 6) is -1.00. The number of hydrogen-bond acceptors (Lipinski definition) is 2. The lowest BCUT2D eigenvalue weighted by Crippen LogP contribution is -2.38. The molecule has 0 unspecified atom stereocenters. The molecule has 0 fully saturated rings. The van der Waals surface area contributed by atoms with Crippen LogP contribution in [0.3, 0.4) is 0 Å². The number of carbonyl (C=O) groups is 2. The van der Waals surface area contributed by atoms with Crippen molar-refractivity contribution in [1.29, 1.82) is 0 Å². The zero-order chi connectivity index (χ0) is 18.6. The number of hydrogen-bond donors (Lipinski definition) is 1. The van der Waals surface area contributed by atoms with Gasteiger partial charge in [0.05, 0.1) is 12.0 Å². The fraction of sp³-hybridized carbons (Fsp3) is 0.400. The first kappa shape index (κ1) is 18.8. The van der Waals surface area contributed by atoms with Crippen LogP contribution in [0.25, 0.3) is 0 Å². The Balaban J connectivity index is 2.27. The molecule has 5 heteroatoms. The molecule has 134 valence electrons. The molecule has 1 heterocycles. The summed E-state index contributed by atoms with van der Waals surface area (Å²) in [6.45, 7) is 8.67. The lowest BCUT2D eigenvalue weighted by atomic mass is 10.1. The number of carboxylic acid groups (broad SMARTS) is 1. The lowest BCUT2D eigenvalue weighted by molar-refractivity contribution is -0.137. The number of aryl methyl sites for hydroxylation is 1. The third-order valence-corrected chi connectivity index (χ3v) is 4.44. The van der Waals surface area contributed by atoms with Gasteiger partial charge in [0.15, 0.2) is 0 Å². The van der Waals surface area contributed by atoms with E-state index >= 15 is 0 Å². The second-order valence-electron chi connectivity index (χ2n) is 6.59. The number of aromatic nitrogens is 1. The lowest BCUT2D eigenvalue weighted by Gasteiger charge is -2.26. The second-order valence-corrected chi connectivity index (χ2v) is 6.59. The molecule has 0 saturated heterocycles. The maximum Gasteiger partial charge on any atom is 0.305 e. The molecule has 1 aromatic heterocycles. The highest BCUT2D eigenvalue weighted by atomic mass is 16.4. The molecule has 25 heavy (non-hydrogen) atoms. The smallest absolute Gasteiger partial charge is 0.305 e. The van der Waals surface area contributed by atoms with E-state index in [2.05, 4.69) is 16.7 Å². The Morgan fingerprint density at radius 1 is 1.16 bits per heavy atom. The highest BCUT2D eigenvalue weighted by Gasteiger charge is 2.23. The van der Waals surface area contributed by atoms with Crippen LogP contribution in [0.2, 0.25) is 0 Å². The number of carbonyl (C=O) groups excluding carboxylic acids is 1. The minimum absolute atomic E-state index is 0.0489. The van der Waals surface area contributed by atoms with Gasteiger partial charge in [-0.1, -0.05) is 30.3 Å². The quantitative estimate of drug-likeness (QED) is 0.838. The van der Waals surface area contributed by atoms with Crippen molar-refractivity contribution in [1.82, 2.24) is 9.47 Å². The number of carboxylic acids is 1. The summed E-state index contributed by atoms with van der Waals surface area (Å²) in [4.78, 5) is 25.5. The molecule has 0 spiro atoms. The fourth-order valence-electron chi connectivity index (χ4n) is 2.99. The van der Waals surface area contributed by atoms with Gasteiger partial charge in [-0.25, -0.2) is 0 Å². The van der Waals surface area contributed by atoms with Gasteiger partial charge >= 0.3 is 5.97 Å². The Hall–Kier alpha value is -2.56. The minimum Gasteiger partial charge on any atom is -0.481 e. The van der Waals surface area contributed by atoms with Crippen molar-refractivity contribution >= 4 is 11.9 Å². The van der Waals surface area contributed by atoms with Crippen LogP contribution in [0.1, 0.15) is 47.6 Å². The topological polar surface area (TPSA) is 62.5 Å². The zero-order valence-electron chi connectivity index (χ0n) is 15.3. The molecule has 2 rings (SSSR count). The van der Waals surface area contributed by atoms with Crippen molar-refractivity contribution in [2.75, 3.05) is 6.54 Å². The molecule has 0 bridgehead atoms. The molecule has 0 saturated carbocycles. The maximum atomic E-state index is 13.0. The van der Waals surface area contributed by atoms with E-state index in [0.29, 0.717) is 12.1 Å². The SMILES string of the molecule is Cc1cc(C(=O)N(CCC(=O)O)C(C)C)c(C)n1Cc1ccccc1. The van der Waals surface area contributed by atoms with Gasteiger partial charge in [0, 0.05) is 30.5 Å². The molecule has 5 nitrogen and oxygen atoms in total. The summed E-state index contributed by atoms with van der Waals surface area (Å²) in [6.07, 6.45) is -0.0489. The minimum atomic E-state index is -0.895. The normalized spacial score (nSPS) is 10.9. The van der Waals surface area contributed by atoms with Crippen LogP contribution in [0.4, 0.5) is 0 Å². The fourth-order valence-corrected chi connectivity index (χ4v) is 2.99. The average molecular weight is 342 g/mol. The van der Waals surface area contributed by atoms with Crippen LogP contribution in [-0.2, 0) is 11.3 Å². The first-order valence-electron chi connectivity index (χ1n) is 8.54. The van der Waals surface area contributed by atoms with Gasteiger partial charge in [-0.2, -0.15) is 0 Å². The van der Waals surface area contributed by atoms with Crippen LogP contribution in [-0.4, -0.2) is 39.0 Å². The molecule has 1 aromatic carbocycles. The van der Waals surface area contributed by atoms with Gasteiger partial charge in [0.1, 0.15) is 0 Å². The van der Waals surface area contributed by atoms with Crippen LogP contribution in [0, 0.1) is 13.8 Å². The Labute approximate surface area is 148 Å². The Morgan fingerprint density at radius 2 is 1.80 bits per heavy atom. The molecule has 0 aliphatic carbocycles. The van der Waals surface area contributed by atoms with E-state index in [1.54, 1.807) is 4.90 Å². The molecule has 2 aromatic rings. The predicted octanol–water partition coefficient (Wildman–Crippen LogP) is 3.48. The molecular weight excluding hydrogens is 316 g/mol. The summed E-state index contributed by atoms with van der Waals surface area (Å²) >= 11 is 0. The van der Waals surface area contributed by atoms with E-state index in [-0.39, 0.29) is 24.9 Å². The molecule has 0 atom stereocenters. The summed E-state index contributed by atoms with van der Waals surface area (Å²) in [6, 6.07) is 12.0. The monoisotopic (exact) mass is 342 g/mol. The van der Waals surface area contributed by atoms with E-state index in [9.17, 15) is 9.59 Å². The average Bonchev–Trinajstić information content (AvgIpc) is 2.83. The number of amides is 1. The summed E-state index contributed by atoms with van der Waals surface area (Å²) in [7, 11) is 0. The van der Waals surface area contributed by atoms with Crippen molar-refractivity contribution in [3.8, 4) is 0 Å². The van der Waals surface area contributed by atoms with Crippen molar-refractivity contribution in [2.24, 2.45) is 0 Å². The van der Waals surface area contributed by atoms with Crippen LogP contribution >= 0.6 is 0 Å². The number of nitrogens with zero attached hydrogens (tertiary/aromatic N) is 2. The molecule has 0 radical (unpaired) electrons. The standard InChI is InChI=1S/C20H26N2O3/c1-14(2)21(11-10-19(23)24)20(25)18-12-15(3)22(16(18)4)13-17-8-6-5-7-9-17/h5-9,12,14H,10-11,13H2,1-4H3,(H,23,24). The highest BCUT2D eigenvalue weighted by Crippen LogP contribution is 2.20. The zero-order valence-corrected chi connectivity index (χ0v) is 15.3. The predicted molar refractivity (Wildman–Crippen MR) is 97.9 cm³/mol. The van der Waals surface area contributed by atoms with E-state index in [1.165, 1.54) is 5.56 Å². The summed E-state index contributed by atoms with van der Waals surface area (Å²) in [5, 5.41) is 8.92. The van der Waals surface area contributed by atoms with E-state index in [4.69, 9.17) is 5.11 Å². The van der Waals surface area contributed by atoms with Crippen molar-refractivity contribution in [3.63, 3.8) is 0 Å². The second kappa shape index (κ2) is 8.01. The number of rotatable bonds is 7. The maximum absolute atomic E-state index is 13.0. The third-order valence-electron chi connectivity index (χ3n) is 4.44. The van der Waals surface area contributed by atoms with Crippen molar-refractivity contribution < 1.29 is 14.7 Å². The van der Waals surface area contributed by atoms with Gasteiger partial charge < -0.3 is 14.6 Å². The van der Waals surface area contributed by atoms with E-state index in [1.807, 2.05) is 52.0 Å². The number of aliphatic carboxylic acids is 1. The molecule has 0 aliphatic rings. The Morgan fingerprint density at radius 3 is 2.36 bits per heavy atom. The Bertz CT molecular complexity index is 748. The van der Waals surface area contributed by atoms with Crippen LogP contribution in [0.15, 0.2) is 36.4 Å². The van der Waals surface area contributed by atoms with Crippen molar-refractivity contribution in [2.45, 2.75) is 46.7 Å². The van der Waals surface area contributed by atoms with Crippen molar-refractivity contribution in [3.05, 3.63) is 58.9 Å². The van der Waals surface area contributed by atoms with Gasteiger partial charge in [0.2, 0.25) is 0 Å². The number of benzene rings is 1. The molecule has 1 N–H and O–H groups in total. The first-order valence-corrected chi connectivity index (χ1v) is 8.54. The van der Waals surface area contributed by atoms with E-state index in [0.717, 1.165) is 11.4 Å². The summed E-state index contributed by atoms with van der Waals surface area (Å²) in [5.41, 5.74) is 3.75. The summed E-state index contributed by atoms with van der Waals surface area (Å²) < 4.78 is 2.12. The highest BCUT2D eigenvalue weighted by molar-refractivity contribution is 5.96. The molecular formula is C20H26N2O3. The van der Waals surface area contributed by atoms with Gasteiger partial charge in [-0.05, 0) is 39.3 Å². The van der Waals surface area contributed by atoms with Gasteiger partial charge in [0.25, 0.3) is 5.91 Å². The Kier molecular flexibility index (Phi) is 6.02.